The van der Waals surface area contributed by atoms with Crippen LogP contribution in [0, 0.1) is 0 Å². The van der Waals surface area contributed by atoms with Crippen LogP contribution >= 0.6 is 11.8 Å². The maximum absolute atomic E-state index is 11.6. The number of rotatable bonds is 5. The Morgan fingerprint density at radius 3 is 2.68 bits per heavy atom. The van der Waals surface area contributed by atoms with Crippen molar-refractivity contribution >= 4 is 34.6 Å². The van der Waals surface area contributed by atoms with Gasteiger partial charge in [0.15, 0.2) is 0 Å². The molecule has 0 radical (unpaired) electrons. The first kappa shape index (κ1) is 17.7. The minimum absolute atomic E-state index is 0.158. The number of fused-ring (bicyclic) bond motifs is 2. The van der Waals surface area contributed by atoms with Gasteiger partial charge in [-0.3, -0.25) is 18.5 Å². The Kier molecular flexibility index (Phi) is 5.25. The second-order valence-corrected chi connectivity index (χ2v) is 6.91. The van der Waals surface area contributed by atoms with Crippen molar-refractivity contribution in [3.05, 3.63) is 42.5 Å². The number of benzene rings is 2. The summed E-state index contributed by atoms with van der Waals surface area (Å²) in [6, 6.07) is 10.5. The first-order chi connectivity index (χ1) is 12.0. The Morgan fingerprint density at radius 2 is 2.00 bits per heavy atom. The van der Waals surface area contributed by atoms with Crippen molar-refractivity contribution in [2.45, 2.75) is 15.8 Å². The SMILES string of the molecule is O=C(NO)C(CO)N(c1ccc2c(c1)Sc1ccccc1O2)S(=O)[O-]. The van der Waals surface area contributed by atoms with E-state index < -0.39 is 29.8 Å². The van der Waals surface area contributed by atoms with Crippen molar-refractivity contribution in [2.24, 2.45) is 0 Å². The summed E-state index contributed by atoms with van der Waals surface area (Å²) in [7, 11) is 0. The van der Waals surface area contributed by atoms with E-state index in [0.29, 0.717) is 20.7 Å². The highest BCUT2D eigenvalue weighted by Gasteiger charge is 2.28. The van der Waals surface area contributed by atoms with E-state index >= 15 is 0 Å². The lowest BCUT2D eigenvalue weighted by Gasteiger charge is -2.32. The lowest BCUT2D eigenvalue weighted by molar-refractivity contribution is -0.131. The van der Waals surface area contributed by atoms with E-state index in [4.69, 9.17) is 9.94 Å². The molecular formula is C15H13N2O6S2-. The van der Waals surface area contributed by atoms with Crippen LogP contribution in [-0.4, -0.2) is 37.6 Å². The van der Waals surface area contributed by atoms with Crippen LogP contribution in [0.2, 0.25) is 0 Å². The molecule has 0 fully saturated rings. The quantitative estimate of drug-likeness (QED) is 0.347. The molecule has 2 aromatic carbocycles. The molecule has 1 heterocycles. The second-order valence-electron chi connectivity index (χ2n) is 5.00. The summed E-state index contributed by atoms with van der Waals surface area (Å²) in [4.78, 5) is 13.2. The molecule has 0 bridgehead atoms. The molecule has 0 saturated carbocycles. The number of aliphatic hydroxyl groups is 1. The molecule has 10 heteroatoms. The number of amides is 1. The summed E-state index contributed by atoms with van der Waals surface area (Å²) in [5.74, 6) is 0.208. The van der Waals surface area contributed by atoms with Crippen LogP contribution in [0.4, 0.5) is 5.69 Å². The van der Waals surface area contributed by atoms with Gasteiger partial charge in [-0.1, -0.05) is 23.9 Å². The topological polar surface area (TPSA) is 122 Å². The molecule has 0 spiro atoms. The number of anilines is 1. The lowest BCUT2D eigenvalue weighted by atomic mass is 10.2. The number of carbonyl (C=O) groups excluding carboxylic acids is 1. The molecule has 2 aromatic rings. The molecule has 3 rings (SSSR count). The third-order valence-corrected chi connectivity index (χ3v) is 5.38. The number of hydrogen-bond donors (Lipinski definition) is 3. The van der Waals surface area contributed by atoms with Gasteiger partial charge in [0.05, 0.1) is 22.1 Å². The average molecular weight is 381 g/mol. The number of hydroxylamine groups is 1. The maximum atomic E-state index is 11.6. The van der Waals surface area contributed by atoms with E-state index in [1.54, 1.807) is 12.1 Å². The molecule has 0 aliphatic carbocycles. The van der Waals surface area contributed by atoms with Gasteiger partial charge in [0, 0.05) is 11.3 Å². The predicted molar refractivity (Wildman–Crippen MR) is 89.3 cm³/mol. The Hall–Kier alpha value is -2.11. The molecule has 132 valence electrons. The molecule has 8 nitrogen and oxygen atoms in total. The van der Waals surface area contributed by atoms with Gasteiger partial charge in [-0.2, -0.15) is 0 Å². The van der Waals surface area contributed by atoms with Crippen LogP contribution in [-0.2, 0) is 16.1 Å². The number of ether oxygens (including phenoxy) is 1. The minimum atomic E-state index is -2.85. The Morgan fingerprint density at radius 1 is 1.28 bits per heavy atom. The highest BCUT2D eigenvalue weighted by Crippen LogP contribution is 2.48. The first-order valence-corrected chi connectivity index (χ1v) is 8.92. The van der Waals surface area contributed by atoms with E-state index in [1.807, 2.05) is 24.3 Å². The minimum Gasteiger partial charge on any atom is -0.755 e. The van der Waals surface area contributed by atoms with Gasteiger partial charge in [-0.15, -0.1) is 0 Å². The first-order valence-electron chi connectivity index (χ1n) is 7.07. The second kappa shape index (κ2) is 7.42. The zero-order valence-electron chi connectivity index (χ0n) is 12.6. The Bertz CT molecular complexity index is 831. The van der Waals surface area contributed by atoms with Crippen molar-refractivity contribution < 1.29 is 28.6 Å². The van der Waals surface area contributed by atoms with Gasteiger partial charge in [-0.25, -0.2) is 5.48 Å². The van der Waals surface area contributed by atoms with Crippen LogP contribution in [0.15, 0.2) is 52.3 Å². The summed E-state index contributed by atoms with van der Waals surface area (Å²) < 4.78 is 29.7. The summed E-state index contributed by atoms with van der Waals surface area (Å²) in [6.07, 6.45) is 0. The molecule has 1 aliphatic heterocycles. The van der Waals surface area contributed by atoms with Crippen LogP contribution in [0.5, 0.6) is 11.5 Å². The van der Waals surface area contributed by atoms with Crippen LogP contribution < -0.4 is 14.5 Å². The maximum Gasteiger partial charge on any atom is 0.269 e. The zero-order chi connectivity index (χ0) is 18.0. The van der Waals surface area contributed by atoms with Crippen molar-refractivity contribution in [1.82, 2.24) is 5.48 Å². The molecule has 0 saturated heterocycles. The number of carbonyl (C=O) groups is 1. The molecule has 3 N–H and O–H groups in total. The smallest absolute Gasteiger partial charge is 0.269 e. The average Bonchev–Trinajstić information content (AvgIpc) is 2.62. The normalized spacial score (nSPS) is 14.5. The summed E-state index contributed by atoms with van der Waals surface area (Å²) >= 11 is -1.46. The third kappa shape index (κ3) is 3.48. The van der Waals surface area contributed by atoms with Crippen molar-refractivity contribution in [3.63, 3.8) is 0 Å². The standard InChI is InChI=1S/C15H14N2O6S2/c18-8-10(15(19)16-20)17(25(21)22)9-5-6-12-14(7-9)24-13-4-2-1-3-11(13)23-12/h1-7,10,18,20H,8H2,(H,16,19)(H,21,22)/p-1. The molecular weight excluding hydrogens is 368 g/mol. The number of para-hydroxylation sites is 1. The molecule has 2 unspecified atom stereocenters. The van der Waals surface area contributed by atoms with E-state index in [1.165, 1.54) is 23.3 Å². The number of hydrogen-bond acceptors (Lipinski definition) is 7. The summed E-state index contributed by atoms with van der Waals surface area (Å²) in [5.41, 5.74) is 1.51. The van der Waals surface area contributed by atoms with Gasteiger partial charge in [0.1, 0.15) is 17.5 Å². The molecule has 2 atom stereocenters. The fourth-order valence-corrected chi connectivity index (χ4v) is 4.00. The Labute approximate surface area is 149 Å². The highest BCUT2D eigenvalue weighted by molar-refractivity contribution is 7.99. The predicted octanol–water partition coefficient (Wildman–Crippen LogP) is 1.41. The summed E-state index contributed by atoms with van der Waals surface area (Å²) in [5, 5.41) is 18.1. The van der Waals surface area contributed by atoms with Gasteiger partial charge in [-0.05, 0) is 30.3 Å². The van der Waals surface area contributed by atoms with Crippen molar-refractivity contribution in [2.75, 3.05) is 10.9 Å². The zero-order valence-corrected chi connectivity index (χ0v) is 14.3. The largest absolute Gasteiger partial charge is 0.755 e. The monoisotopic (exact) mass is 381 g/mol. The van der Waals surface area contributed by atoms with Gasteiger partial charge in [0.25, 0.3) is 5.91 Å². The van der Waals surface area contributed by atoms with Gasteiger partial charge in [0.2, 0.25) is 0 Å². The summed E-state index contributed by atoms with van der Waals surface area (Å²) in [6.45, 7) is -0.802. The van der Waals surface area contributed by atoms with Crippen molar-refractivity contribution in [1.29, 1.82) is 0 Å². The van der Waals surface area contributed by atoms with Crippen LogP contribution in [0.3, 0.4) is 0 Å². The molecule has 1 aliphatic rings. The number of nitrogens with one attached hydrogen (secondary N) is 1. The van der Waals surface area contributed by atoms with Gasteiger partial charge >= 0.3 is 0 Å². The van der Waals surface area contributed by atoms with Gasteiger partial charge < -0.3 is 14.4 Å². The third-order valence-electron chi connectivity index (χ3n) is 3.50. The number of aliphatic hydroxyl groups excluding tert-OH is 1. The van der Waals surface area contributed by atoms with E-state index in [9.17, 15) is 18.7 Å². The fraction of sp³-hybridized carbons (Fsp3) is 0.133. The highest BCUT2D eigenvalue weighted by atomic mass is 32.2. The fourth-order valence-electron chi connectivity index (χ4n) is 2.36. The molecule has 0 aromatic heterocycles. The molecule has 1 amide bonds. The van der Waals surface area contributed by atoms with E-state index in [0.717, 1.165) is 4.90 Å². The molecule has 25 heavy (non-hydrogen) atoms. The van der Waals surface area contributed by atoms with E-state index in [2.05, 4.69) is 0 Å². The van der Waals surface area contributed by atoms with E-state index in [-0.39, 0.29) is 5.69 Å². The van der Waals surface area contributed by atoms with Crippen LogP contribution in [0.25, 0.3) is 0 Å². The van der Waals surface area contributed by atoms with Crippen molar-refractivity contribution in [3.8, 4) is 11.5 Å². The van der Waals surface area contributed by atoms with Crippen LogP contribution in [0.1, 0.15) is 0 Å². The Balaban J connectivity index is 1.98. The lowest BCUT2D eigenvalue weighted by Crippen LogP contribution is -2.49. The number of nitrogens with zero attached hydrogens (tertiary/aromatic N) is 1.